The van der Waals surface area contributed by atoms with Crippen LogP contribution >= 0.6 is 0 Å². The van der Waals surface area contributed by atoms with Crippen LogP contribution in [0.4, 0.5) is 4.79 Å². The highest BCUT2D eigenvalue weighted by atomic mass is 16.2. The number of carbonyl (C=O) groups excluding carboxylic acids is 4. The first-order chi connectivity index (χ1) is 9.90. The van der Waals surface area contributed by atoms with Gasteiger partial charge in [-0.2, -0.15) is 0 Å². The number of hydrogen-bond acceptors (Lipinski definition) is 4. The van der Waals surface area contributed by atoms with Crippen LogP contribution in [0.3, 0.4) is 0 Å². The Balaban J connectivity index is 1.94. The van der Waals surface area contributed by atoms with E-state index < -0.39 is 18.5 Å². The van der Waals surface area contributed by atoms with Crippen LogP contribution in [-0.2, 0) is 14.4 Å². The Bertz CT molecular complexity index is 486. The van der Waals surface area contributed by atoms with Crippen LogP contribution in [0.5, 0.6) is 0 Å². The molecule has 2 atom stereocenters. The van der Waals surface area contributed by atoms with Gasteiger partial charge >= 0.3 is 6.03 Å². The molecule has 0 aromatic heterocycles. The maximum Gasteiger partial charge on any atom is 0.321 e. The highest BCUT2D eigenvalue weighted by Crippen LogP contribution is 2.34. The maximum atomic E-state index is 12.1. The van der Waals surface area contributed by atoms with Crippen LogP contribution in [-0.4, -0.2) is 41.2 Å². The molecule has 1 fully saturated rings. The number of hydrogen-bond donors (Lipinski definition) is 2. The fourth-order valence-corrected chi connectivity index (χ4v) is 2.63. The third-order valence-corrected chi connectivity index (χ3v) is 3.57. The zero-order valence-corrected chi connectivity index (χ0v) is 12.1. The number of allylic oxidation sites excluding steroid dienone is 2. The first kappa shape index (κ1) is 15.2. The zero-order valence-electron chi connectivity index (χ0n) is 12.1. The lowest BCUT2D eigenvalue weighted by molar-refractivity contribution is -0.143. The molecule has 1 aliphatic carbocycles. The third kappa shape index (κ3) is 3.29. The van der Waals surface area contributed by atoms with Crippen molar-refractivity contribution in [2.24, 2.45) is 11.8 Å². The first-order valence-electron chi connectivity index (χ1n) is 7.00. The summed E-state index contributed by atoms with van der Waals surface area (Å²) in [6, 6.07) is -0.741. The second kappa shape index (κ2) is 6.07. The van der Waals surface area contributed by atoms with E-state index in [0.717, 1.165) is 4.90 Å². The molecular formula is C14H19N3O4. The van der Waals surface area contributed by atoms with Gasteiger partial charge in [0, 0.05) is 6.04 Å². The van der Waals surface area contributed by atoms with Crippen molar-refractivity contribution < 1.29 is 19.2 Å². The predicted molar refractivity (Wildman–Crippen MR) is 73.9 cm³/mol. The zero-order chi connectivity index (χ0) is 15.6. The summed E-state index contributed by atoms with van der Waals surface area (Å²) in [5.74, 6) is -2.04. The standard InChI is InChI=1S/C14H19N3O4/c1-8(2)15-14(21)16-11(18)7-17-12(19)9-5-3-4-6-10(9)13(17)20/h3-4,8-10H,5-7H2,1-2H3,(H2,15,16,18,21)/t9-,10-/m0/s1. The molecule has 1 aliphatic heterocycles. The van der Waals surface area contributed by atoms with Crippen LogP contribution in [0.15, 0.2) is 12.2 Å². The highest BCUT2D eigenvalue weighted by molar-refractivity contribution is 6.08. The Hall–Kier alpha value is -2.18. The smallest absolute Gasteiger partial charge is 0.321 e. The van der Waals surface area contributed by atoms with Crippen LogP contribution < -0.4 is 10.6 Å². The lowest BCUT2D eigenvalue weighted by Gasteiger charge is -2.14. The third-order valence-electron chi connectivity index (χ3n) is 3.57. The van der Waals surface area contributed by atoms with Crippen LogP contribution in [0.25, 0.3) is 0 Å². The molecule has 0 aromatic carbocycles. The monoisotopic (exact) mass is 293 g/mol. The number of rotatable bonds is 3. The average Bonchev–Trinajstić information content (AvgIpc) is 2.63. The van der Waals surface area contributed by atoms with Gasteiger partial charge in [0.2, 0.25) is 17.7 Å². The van der Waals surface area contributed by atoms with E-state index in [1.165, 1.54) is 0 Å². The predicted octanol–water partition coefficient (Wildman–Crippen LogP) is 0.172. The summed E-state index contributed by atoms with van der Waals surface area (Å²) in [6.45, 7) is 3.11. The molecule has 2 rings (SSSR count). The summed E-state index contributed by atoms with van der Waals surface area (Å²) in [4.78, 5) is 48.4. The molecule has 0 saturated carbocycles. The normalized spacial score (nSPS) is 24.2. The number of urea groups is 1. The molecule has 2 N–H and O–H groups in total. The van der Waals surface area contributed by atoms with Gasteiger partial charge in [-0.3, -0.25) is 24.6 Å². The average molecular weight is 293 g/mol. The van der Waals surface area contributed by atoms with Crippen LogP contribution in [0.2, 0.25) is 0 Å². The van der Waals surface area contributed by atoms with E-state index in [1.54, 1.807) is 13.8 Å². The number of nitrogens with zero attached hydrogens (tertiary/aromatic N) is 1. The van der Waals surface area contributed by atoms with E-state index in [9.17, 15) is 19.2 Å². The lowest BCUT2D eigenvalue weighted by Crippen LogP contribution is -2.47. The number of imide groups is 2. The van der Waals surface area contributed by atoms with Gasteiger partial charge in [-0.1, -0.05) is 12.2 Å². The fraction of sp³-hybridized carbons (Fsp3) is 0.571. The van der Waals surface area contributed by atoms with Crippen molar-refractivity contribution in [2.45, 2.75) is 32.7 Å². The molecule has 0 radical (unpaired) electrons. The van der Waals surface area contributed by atoms with Gasteiger partial charge in [-0.25, -0.2) is 4.79 Å². The maximum absolute atomic E-state index is 12.1. The van der Waals surface area contributed by atoms with E-state index in [2.05, 4.69) is 10.6 Å². The molecule has 114 valence electrons. The molecule has 7 nitrogen and oxygen atoms in total. The van der Waals surface area contributed by atoms with Crippen molar-refractivity contribution in [2.75, 3.05) is 6.54 Å². The summed E-state index contributed by atoms with van der Waals surface area (Å²) in [6.07, 6.45) is 4.82. The van der Waals surface area contributed by atoms with Gasteiger partial charge in [-0.05, 0) is 26.7 Å². The minimum Gasteiger partial charge on any atom is -0.336 e. The molecular weight excluding hydrogens is 274 g/mol. The number of amides is 5. The summed E-state index contributed by atoms with van der Waals surface area (Å²) >= 11 is 0. The van der Waals surface area contributed by atoms with Gasteiger partial charge in [0.25, 0.3) is 0 Å². The Kier molecular flexibility index (Phi) is 4.40. The number of nitrogens with one attached hydrogen (secondary N) is 2. The lowest BCUT2D eigenvalue weighted by atomic mass is 9.85. The minimum absolute atomic E-state index is 0.109. The minimum atomic E-state index is -0.665. The van der Waals surface area contributed by atoms with Gasteiger partial charge < -0.3 is 5.32 Å². The molecule has 0 spiro atoms. The second-order valence-electron chi connectivity index (χ2n) is 5.59. The topological polar surface area (TPSA) is 95.6 Å². The van der Waals surface area contributed by atoms with E-state index in [1.807, 2.05) is 12.2 Å². The molecule has 5 amide bonds. The van der Waals surface area contributed by atoms with Crippen molar-refractivity contribution in [3.8, 4) is 0 Å². The Morgan fingerprint density at radius 1 is 1.19 bits per heavy atom. The van der Waals surface area contributed by atoms with Gasteiger partial charge in [0.15, 0.2) is 0 Å². The van der Waals surface area contributed by atoms with Crippen molar-refractivity contribution in [1.29, 1.82) is 0 Å². The van der Waals surface area contributed by atoms with E-state index >= 15 is 0 Å². The Labute approximate surface area is 122 Å². The fourth-order valence-electron chi connectivity index (χ4n) is 2.63. The van der Waals surface area contributed by atoms with E-state index in [4.69, 9.17) is 0 Å². The first-order valence-corrected chi connectivity index (χ1v) is 7.00. The van der Waals surface area contributed by atoms with E-state index in [0.29, 0.717) is 12.8 Å². The molecule has 0 aromatic rings. The largest absolute Gasteiger partial charge is 0.336 e. The molecule has 1 heterocycles. The summed E-state index contributed by atoms with van der Waals surface area (Å²) in [5, 5.41) is 4.61. The summed E-state index contributed by atoms with van der Waals surface area (Å²) in [7, 11) is 0. The van der Waals surface area contributed by atoms with Crippen molar-refractivity contribution in [1.82, 2.24) is 15.5 Å². The summed E-state index contributed by atoms with van der Waals surface area (Å²) < 4.78 is 0. The molecule has 0 unspecified atom stereocenters. The molecule has 21 heavy (non-hydrogen) atoms. The van der Waals surface area contributed by atoms with Gasteiger partial charge in [-0.15, -0.1) is 0 Å². The number of likely N-dealkylation sites (tertiary alicyclic amines) is 1. The Morgan fingerprint density at radius 2 is 1.71 bits per heavy atom. The second-order valence-corrected chi connectivity index (χ2v) is 5.59. The SMILES string of the molecule is CC(C)NC(=O)NC(=O)CN1C(=O)[C@H]2CC=CC[C@@H]2C1=O. The quantitative estimate of drug-likeness (QED) is 0.573. The van der Waals surface area contributed by atoms with E-state index in [-0.39, 0.29) is 29.7 Å². The Morgan fingerprint density at radius 3 is 2.19 bits per heavy atom. The molecule has 0 bridgehead atoms. The highest BCUT2D eigenvalue weighted by Gasteiger charge is 2.47. The van der Waals surface area contributed by atoms with Crippen LogP contribution in [0, 0.1) is 11.8 Å². The summed E-state index contributed by atoms with van der Waals surface area (Å²) in [5.41, 5.74) is 0. The molecule has 7 heteroatoms. The molecule has 2 aliphatic rings. The van der Waals surface area contributed by atoms with Crippen molar-refractivity contribution in [3.63, 3.8) is 0 Å². The van der Waals surface area contributed by atoms with Crippen molar-refractivity contribution in [3.05, 3.63) is 12.2 Å². The van der Waals surface area contributed by atoms with Crippen molar-refractivity contribution >= 4 is 23.8 Å². The van der Waals surface area contributed by atoms with Crippen LogP contribution in [0.1, 0.15) is 26.7 Å². The van der Waals surface area contributed by atoms with Gasteiger partial charge in [0.05, 0.1) is 11.8 Å². The number of fused-ring (bicyclic) bond motifs is 1. The number of carbonyl (C=O) groups is 4. The van der Waals surface area contributed by atoms with Gasteiger partial charge in [0.1, 0.15) is 6.54 Å². The molecule has 1 saturated heterocycles.